The zero-order chi connectivity index (χ0) is 19.3. The zero-order valence-electron chi connectivity index (χ0n) is 16.9. The predicted molar refractivity (Wildman–Crippen MR) is 120 cm³/mol. The monoisotopic (exact) mass is 413 g/mol. The summed E-state index contributed by atoms with van der Waals surface area (Å²) in [5.74, 6) is 1.10. The number of rotatable bonds is 6. The van der Waals surface area contributed by atoms with Crippen LogP contribution in [-0.4, -0.2) is 37.0 Å². The van der Waals surface area contributed by atoms with Crippen LogP contribution in [0.3, 0.4) is 0 Å². The highest BCUT2D eigenvalue weighted by Gasteiger charge is 2.32. The van der Waals surface area contributed by atoms with Crippen LogP contribution >= 0.6 is 12.4 Å². The molecule has 29 heavy (non-hydrogen) atoms. The van der Waals surface area contributed by atoms with E-state index in [0.29, 0.717) is 24.8 Å². The average molecular weight is 414 g/mol. The van der Waals surface area contributed by atoms with E-state index in [9.17, 15) is 4.79 Å². The third-order valence-electron chi connectivity index (χ3n) is 6.41. The van der Waals surface area contributed by atoms with Gasteiger partial charge in [-0.2, -0.15) is 0 Å². The maximum Gasteiger partial charge on any atom is 0.221 e. The first kappa shape index (κ1) is 21.8. The van der Waals surface area contributed by atoms with Crippen LogP contribution in [0.25, 0.3) is 0 Å². The number of benzene rings is 2. The Balaban J connectivity index is 0.00000240. The SMILES string of the molecule is Cl.NC[C@@H]1CN(CCC(=O)NC2CCCc3ccccc32)C[C@H]1c1ccccc1. The molecule has 4 nitrogen and oxygen atoms in total. The fourth-order valence-corrected chi connectivity index (χ4v) is 4.89. The molecule has 5 heteroatoms. The molecule has 1 amide bonds. The Kier molecular flexibility index (Phi) is 7.70. The van der Waals surface area contributed by atoms with E-state index in [2.05, 4.69) is 64.8 Å². The highest BCUT2D eigenvalue weighted by atomic mass is 35.5. The minimum Gasteiger partial charge on any atom is -0.349 e. The van der Waals surface area contributed by atoms with Crippen LogP contribution in [0.2, 0.25) is 0 Å². The number of carbonyl (C=O) groups is 1. The number of amides is 1. The molecule has 1 saturated heterocycles. The lowest BCUT2D eigenvalue weighted by Crippen LogP contribution is -2.34. The summed E-state index contributed by atoms with van der Waals surface area (Å²) in [6.07, 6.45) is 3.86. The van der Waals surface area contributed by atoms with Crippen molar-refractivity contribution in [3.63, 3.8) is 0 Å². The molecule has 0 saturated carbocycles. The summed E-state index contributed by atoms with van der Waals surface area (Å²) in [6, 6.07) is 19.3. The van der Waals surface area contributed by atoms with E-state index in [0.717, 1.165) is 38.9 Å². The van der Waals surface area contributed by atoms with Crippen molar-refractivity contribution < 1.29 is 4.79 Å². The van der Waals surface area contributed by atoms with Crippen LogP contribution in [0.4, 0.5) is 0 Å². The number of nitrogens with zero attached hydrogens (tertiary/aromatic N) is 1. The van der Waals surface area contributed by atoms with Gasteiger partial charge in [-0.1, -0.05) is 54.6 Å². The maximum atomic E-state index is 12.6. The molecule has 1 aliphatic heterocycles. The Labute approximate surface area is 180 Å². The average Bonchev–Trinajstić information content (AvgIpc) is 3.17. The first-order valence-electron chi connectivity index (χ1n) is 10.6. The molecule has 2 aromatic rings. The van der Waals surface area contributed by atoms with Gasteiger partial charge in [-0.3, -0.25) is 4.79 Å². The van der Waals surface area contributed by atoms with Gasteiger partial charge >= 0.3 is 0 Å². The molecule has 0 spiro atoms. The summed E-state index contributed by atoms with van der Waals surface area (Å²) >= 11 is 0. The Morgan fingerprint density at radius 2 is 1.83 bits per heavy atom. The number of nitrogens with one attached hydrogen (secondary N) is 1. The number of halogens is 1. The summed E-state index contributed by atoms with van der Waals surface area (Å²) in [4.78, 5) is 15.0. The Morgan fingerprint density at radius 3 is 2.62 bits per heavy atom. The molecular weight excluding hydrogens is 382 g/mol. The number of aryl methyl sites for hydroxylation is 1. The van der Waals surface area contributed by atoms with Gasteiger partial charge in [0.25, 0.3) is 0 Å². The molecule has 1 aliphatic carbocycles. The first-order valence-corrected chi connectivity index (χ1v) is 10.6. The minimum absolute atomic E-state index is 0. The Morgan fingerprint density at radius 1 is 1.07 bits per heavy atom. The molecule has 0 bridgehead atoms. The number of hydrogen-bond acceptors (Lipinski definition) is 3. The van der Waals surface area contributed by atoms with E-state index in [1.54, 1.807) is 0 Å². The second-order valence-electron chi connectivity index (χ2n) is 8.23. The van der Waals surface area contributed by atoms with Gasteiger partial charge in [0.05, 0.1) is 6.04 Å². The van der Waals surface area contributed by atoms with E-state index in [1.807, 2.05) is 0 Å². The van der Waals surface area contributed by atoms with Crippen molar-refractivity contribution >= 4 is 18.3 Å². The Hall–Kier alpha value is -1.88. The lowest BCUT2D eigenvalue weighted by atomic mass is 9.87. The van der Waals surface area contributed by atoms with Gasteiger partial charge in [0.15, 0.2) is 0 Å². The molecule has 3 N–H and O–H groups in total. The topological polar surface area (TPSA) is 58.4 Å². The number of likely N-dealkylation sites (tertiary alicyclic amines) is 1. The van der Waals surface area contributed by atoms with Gasteiger partial charge in [-0.05, 0) is 48.4 Å². The maximum absolute atomic E-state index is 12.6. The summed E-state index contributed by atoms with van der Waals surface area (Å²) in [7, 11) is 0. The smallest absolute Gasteiger partial charge is 0.221 e. The number of nitrogens with two attached hydrogens (primary N) is 1. The van der Waals surface area contributed by atoms with Crippen molar-refractivity contribution in [1.29, 1.82) is 0 Å². The molecule has 1 heterocycles. The van der Waals surface area contributed by atoms with Gasteiger partial charge in [0, 0.05) is 32.0 Å². The molecule has 2 aromatic carbocycles. The summed E-state index contributed by atoms with van der Waals surface area (Å²) in [5.41, 5.74) is 10.1. The lowest BCUT2D eigenvalue weighted by Gasteiger charge is -2.26. The zero-order valence-corrected chi connectivity index (χ0v) is 17.7. The fraction of sp³-hybridized carbons (Fsp3) is 0.458. The van der Waals surface area contributed by atoms with Crippen molar-refractivity contribution in [2.24, 2.45) is 11.7 Å². The van der Waals surface area contributed by atoms with Crippen LogP contribution < -0.4 is 11.1 Å². The number of hydrogen-bond donors (Lipinski definition) is 2. The van der Waals surface area contributed by atoms with Crippen molar-refractivity contribution in [3.05, 3.63) is 71.3 Å². The van der Waals surface area contributed by atoms with Gasteiger partial charge in [-0.15, -0.1) is 12.4 Å². The minimum atomic E-state index is 0. The third kappa shape index (κ3) is 5.19. The molecule has 0 radical (unpaired) electrons. The van der Waals surface area contributed by atoms with E-state index < -0.39 is 0 Å². The van der Waals surface area contributed by atoms with Gasteiger partial charge < -0.3 is 16.0 Å². The first-order chi connectivity index (χ1) is 13.7. The van der Waals surface area contributed by atoms with Gasteiger partial charge in [0.1, 0.15) is 0 Å². The highest BCUT2D eigenvalue weighted by Crippen LogP contribution is 2.32. The lowest BCUT2D eigenvalue weighted by molar-refractivity contribution is -0.122. The summed E-state index contributed by atoms with van der Waals surface area (Å²) < 4.78 is 0. The molecular formula is C24H32ClN3O. The van der Waals surface area contributed by atoms with Crippen LogP contribution in [0, 0.1) is 5.92 Å². The molecule has 1 unspecified atom stereocenters. The fourth-order valence-electron chi connectivity index (χ4n) is 4.89. The van der Waals surface area contributed by atoms with E-state index in [-0.39, 0.29) is 24.4 Å². The standard InChI is InChI=1S/C24H31N3O.ClH/c25-15-20-16-27(17-22(20)19-7-2-1-3-8-19)14-13-24(28)26-23-12-6-10-18-9-4-5-11-21(18)23;/h1-5,7-9,11,20,22-23H,6,10,12-17,25H2,(H,26,28);1H/t20-,22+,23?;/m1./s1. The van der Waals surface area contributed by atoms with Crippen molar-refractivity contribution in [3.8, 4) is 0 Å². The summed E-state index contributed by atoms with van der Waals surface area (Å²) in [5, 5.41) is 3.28. The number of fused-ring (bicyclic) bond motifs is 1. The second-order valence-corrected chi connectivity index (χ2v) is 8.23. The highest BCUT2D eigenvalue weighted by molar-refractivity contribution is 5.85. The Bertz CT molecular complexity index is 798. The largest absolute Gasteiger partial charge is 0.349 e. The van der Waals surface area contributed by atoms with Crippen LogP contribution in [0.5, 0.6) is 0 Å². The molecule has 3 atom stereocenters. The van der Waals surface area contributed by atoms with Crippen molar-refractivity contribution in [2.45, 2.75) is 37.6 Å². The van der Waals surface area contributed by atoms with Crippen LogP contribution in [-0.2, 0) is 11.2 Å². The molecule has 0 aromatic heterocycles. The molecule has 156 valence electrons. The molecule has 4 rings (SSSR count). The van der Waals surface area contributed by atoms with Crippen LogP contribution in [0.1, 0.15) is 47.9 Å². The normalized spacial score (nSPS) is 23.8. The predicted octanol–water partition coefficient (Wildman–Crippen LogP) is 3.67. The van der Waals surface area contributed by atoms with E-state index >= 15 is 0 Å². The third-order valence-corrected chi connectivity index (χ3v) is 6.41. The van der Waals surface area contributed by atoms with Crippen molar-refractivity contribution in [2.75, 3.05) is 26.2 Å². The van der Waals surface area contributed by atoms with Crippen LogP contribution in [0.15, 0.2) is 54.6 Å². The number of carbonyl (C=O) groups excluding carboxylic acids is 1. The molecule has 2 aliphatic rings. The van der Waals surface area contributed by atoms with Gasteiger partial charge in [-0.25, -0.2) is 0 Å². The van der Waals surface area contributed by atoms with Crippen molar-refractivity contribution in [1.82, 2.24) is 10.2 Å². The second kappa shape index (κ2) is 10.2. The molecule has 1 fully saturated rings. The summed E-state index contributed by atoms with van der Waals surface area (Å²) in [6.45, 7) is 3.47. The van der Waals surface area contributed by atoms with E-state index in [4.69, 9.17) is 5.73 Å². The van der Waals surface area contributed by atoms with Gasteiger partial charge in [0.2, 0.25) is 5.91 Å². The quantitative estimate of drug-likeness (QED) is 0.759. The van der Waals surface area contributed by atoms with E-state index in [1.165, 1.54) is 16.7 Å².